The number of anilines is 2. The zero-order valence-corrected chi connectivity index (χ0v) is 17.4. The number of likely N-dealkylation sites (tertiary alicyclic amines) is 1. The molecule has 1 atom stereocenters. The van der Waals surface area contributed by atoms with Gasteiger partial charge in [0, 0.05) is 26.7 Å². The van der Waals surface area contributed by atoms with Crippen LogP contribution in [0.2, 0.25) is 0 Å². The van der Waals surface area contributed by atoms with Gasteiger partial charge in [0.2, 0.25) is 5.95 Å². The largest absolute Gasteiger partial charge is 0.490 e. The van der Waals surface area contributed by atoms with Crippen LogP contribution in [0.25, 0.3) is 11.2 Å². The fraction of sp³-hybridized carbons (Fsp3) is 0.400. The van der Waals surface area contributed by atoms with Crippen molar-refractivity contribution in [2.24, 2.45) is 5.92 Å². The Morgan fingerprint density at radius 1 is 1.31 bits per heavy atom. The second-order valence-electron chi connectivity index (χ2n) is 7.57. The second-order valence-corrected chi connectivity index (χ2v) is 7.57. The number of rotatable bonds is 5. The van der Waals surface area contributed by atoms with Gasteiger partial charge in [-0.1, -0.05) is 30.3 Å². The predicted octanol–water partition coefficient (Wildman–Crippen LogP) is 2.53. The molecule has 1 aromatic carbocycles. The molecular weight excluding hydrogens is 427 g/mol. The molecule has 0 bridgehead atoms. The summed E-state index contributed by atoms with van der Waals surface area (Å²) in [4.78, 5) is 29.5. The molecule has 1 saturated heterocycles. The van der Waals surface area contributed by atoms with Crippen molar-refractivity contribution in [1.29, 1.82) is 0 Å². The van der Waals surface area contributed by atoms with E-state index in [1.165, 1.54) is 12.0 Å². The fourth-order valence-electron chi connectivity index (χ4n) is 3.63. The highest BCUT2D eigenvalue weighted by atomic mass is 19.4. The lowest BCUT2D eigenvalue weighted by Crippen LogP contribution is -2.29. The number of hydrogen-bond acceptors (Lipinski definition) is 7. The first-order chi connectivity index (χ1) is 15.1. The van der Waals surface area contributed by atoms with Crippen molar-refractivity contribution < 1.29 is 23.1 Å². The van der Waals surface area contributed by atoms with Crippen LogP contribution in [0.3, 0.4) is 0 Å². The molecule has 0 amide bonds. The van der Waals surface area contributed by atoms with Crippen molar-refractivity contribution in [3.05, 3.63) is 42.2 Å². The summed E-state index contributed by atoms with van der Waals surface area (Å²) < 4.78 is 31.7. The molecule has 3 aromatic rings. The molecule has 12 heteroatoms. The number of halogens is 3. The third-order valence-electron chi connectivity index (χ3n) is 5.04. The van der Waals surface area contributed by atoms with Crippen molar-refractivity contribution in [2.75, 3.05) is 37.3 Å². The number of carboxylic acid groups (broad SMARTS) is 1. The third kappa shape index (κ3) is 6.06. The van der Waals surface area contributed by atoms with Gasteiger partial charge in [0.15, 0.2) is 11.5 Å². The van der Waals surface area contributed by atoms with Gasteiger partial charge in [-0.15, -0.1) is 0 Å². The number of fused-ring (bicyclic) bond motifs is 1. The highest BCUT2D eigenvalue weighted by Crippen LogP contribution is 2.25. The molecule has 2 aromatic heterocycles. The number of nitrogen functional groups attached to an aromatic ring is 1. The maximum Gasteiger partial charge on any atom is 0.490 e. The summed E-state index contributed by atoms with van der Waals surface area (Å²) in [7, 11) is 2.06. The first-order valence-corrected chi connectivity index (χ1v) is 9.87. The SMILES string of the molecule is CN(CC1CCN(Cc2ccccc2)C1)c1nc(N)nc2nc[nH]c12.O=C(O)C(F)(F)F. The van der Waals surface area contributed by atoms with E-state index in [-0.39, 0.29) is 5.95 Å². The number of nitrogens with two attached hydrogens (primary N) is 1. The minimum Gasteiger partial charge on any atom is -0.475 e. The zero-order valence-electron chi connectivity index (χ0n) is 17.4. The van der Waals surface area contributed by atoms with Crippen LogP contribution >= 0.6 is 0 Å². The van der Waals surface area contributed by atoms with Crippen LogP contribution in [0.4, 0.5) is 24.9 Å². The number of imidazole rings is 1. The molecule has 9 nitrogen and oxygen atoms in total. The summed E-state index contributed by atoms with van der Waals surface area (Å²) in [6.45, 7) is 4.20. The van der Waals surface area contributed by atoms with Gasteiger partial charge in [0.05, 0.1) is 6.33 Å². The van der Waals surface area contributed by atoms with Crippen LogP contribution in [0.5, 0.6) is 0 Å². The first-order valence-electron chi connectivity index (χ1n) is 9.87. The van der Waals surface area contributed by atoms with Gasteiger partial charge < -0.3 is 20.7 Å². The number of alkyl halides is 3. The van der Waals surface area contributed by atoms with E-state index in [1.807, 2.05) is 0 Å². The third-order valence-corrected chi connectivity index (χ3v) is 5.04. The summed E-state index contributed by atoms with van der Waals surface area (Å²) in [6.07, 6.45) is -2.25. The van der Waals surface area contributed by atoms with E-state index in [1.54, 1.807) is 6.33 Å². The van der Waals surface area contributed by atoms with Crippen molar-refractivity contribution in [1.82, 2.24) is 24.8 Å². The summed E-state index contributed by atoms with van der Waals surface area (Å²) in [5, 5.41) is 7.12. The lowest BCUT2D eigenvalue weighted by Gasteiger charge is -2.23. The molecule has 32 heavy (non-hydrogen) atoms. The van der Waals surface area contributed by atoms with E-state index >= 15 is 0 Å². The minimum atomic E-state index is -5.08. The molecule has 1 fully saturated rings. The van der Waals surface area contributed by atoms with Gasteiger partial charge in [-0.25, -0.2) is 9.78 Å². The minimum absolute atomic E-state index is 0.263. The molecule has 4 rings (SSSR count). The molecule has 0 aliphatic carbocycles. The molecule has 0 spiro atoms. The number of benzene rings is 1. The predicted molar refractivity (Wildman–Crippen MR) is 113 cm³/mol. The van der Waals surface area contributed by atoms with Crippen molar-refractivity contribution in [3.8, 4) is 0 Å². The summed E-state index contributed by atoms with van der Waals surface area (Å²) in [5.74, 6) is -1.06. The normalized spacial score (nSPS) is 16.6. The highest BCUT2D eigenvalue weighted by Gasteiger charge is 2.38. The summed E-state index contributed by atoms with van der Waals surface area (Å²) in [6, 6.07) is 10.7. The lowest BCUT2D eigenvalue weighted by atomic mass is 10.1. The van der Waals surface area contributed by atoms with E-state index in [2.05, 4.69) is 67.1 Å². The Morgan fingerprint density at radius 3 is 2.66 bits per heavy atom. The van der Waals surface area contributed by atoms with Crippen LogP contribution < -0.4 is 10.6 Å². The number of carbonyl (C=O) groups is 1. The first kappa shape index (κ1) is 23.3. The topological polar surface area (TPSA) is 124 Å². The smallest absolute Gasteiger partial charge is 0.475 e. The number of hydrogen-bond donors (Lipinski definition) is 3. The summed E-state index contributed by atoms with van der Waals surface area (Å²) >= 11 is 0. The van der Waals surface area contributed by atoms with Gasteiger partial charge in [-0.2, -0.15) is 23.1 Å². The van der Waals surface area contributed by atoms with Crippen molar-refractivity contribution >= 4 is 28.9 Å². The van der Waals surface area contributed by atoms with Gasteiger partial charge in [0.1, 0.15) is 5.52 Å². The lowest BCUT2D eigenvalue weighted by molar-refractivity contribution is -0.192. The Labute approximate surface area is 182 Å². The van der Waals surface area contributed by atoms with Crippen LogP contribution in [0, 0.1) is 5.92 Å². The van der Waals surface area contributed by atoms with Gasteiger partial charge in [0.25, 0.3) is 0 Å². The molecule has 1 aliphatic heterocycles. The van der Waals surface area contributed by atoms with E-state index in [0.29, 0.717) is 11.6 Å². The Kier molecular flexibility index (Phi) is 7.13. The average Bonchev–Trinajstić information content (AvgIpc) is 3.37. The van der Waals surface area contributed by atoms with Crippen molar-refractivity contribution in [3.63, 3.8) is 0 Å². The highest BCUT2D eigenvalue weighted by molar-refractivity contribution is 5.84. The molecule has 4 N–H and O–H groups in total. The monoisotopic (exact) mass is 451 g/mol. The number of aromatic amines is 1. The van der Waals surface area contributed by atoms with E-state index in [0.717, 1.165) is 37.5 Å². The number of aromatic nitrogens is 4. The Bertz CT molecular complexity index is 1040. The van der Waals surface area contributed by atoms with Crippen LogP contribution in [0.15, 0.2) is 36.7 Å². The Balaban J connectivity index is 0.000000360. The number of aliphatic carboxylic acids is 1. The van der Waals surface area contributed by atoms with E-state index in [9.17, 15) is 13.2 Å². The maximum atomic E-state index is 10.6. The quantitative estimate of drug-likeness (QED) is 0.541. The molecular formula is C20H24F3N7O2. The number of nitrogens with one attached hydrogen (secondary N) is 1. The number of nitrogens with zero attached hydrogens (tertiary/aromatic N) is 5. The van der Waals surface area contributed by atoms with Crippen molar-refractivity contribution in [2.45, 2.75) is 19.1 Å². The average molecular weight is 451 g/mol. The van der Waals surface area contributed by atoms with E-state index in [4.69, 9.17) is 15.6 Å². The van der Waals surface area contributed by atoms with Gasteiger partial charge in [-0.05, 0) is 24.4 Å². The standard InChI is InChI=1S/C18H23N7.C2HF3O2/c1-24(17-15-16(21-12-20-15)22-18(19)23-17)9-14-7-8-25(11-14)10-13-5-3-2-4-6-13;3-2(4,5)1(6)7/h2-6,12,14H,7-11H2,1H3,(H3,19,20,21,22,23);(H,6,7). The van der Waals surface area contributed by atoms with Gasteiger partial charge in [-0.3, -0.25) is 4.90 Å². The van der Waals surface area contributed by atoms with Crippen LogP contribution in [-0.2, 0) is 11.3 Å². The molecule has 172 valence electrons. The number of H-pyrrole nitrogens is 1. The fourth-order valence-corrected chi connectivity index (χ4v) is 3.63. The van der Waals surface area contributed by atoms with Gasteiger partial charge >= 0.3 is 12.1 Å². The van der Waals surface area contributed by atoms with Crippen LogP contribution in [0.1, 0.15) is 12.0 Å². The zero-order chi connectivity index (χ0) is 23.3. The number of carboxylic acids is 1. The maximum absolute atomic E-state index is 10.6. The molecule has 1 unspecified atom stereocenters. The summed E-state index contributed by atoms with van der Waals surface area (Å²) in [5.41, 5.74) is 8.66. The second kappa shape index (κ2) is 9.81. The Hall–Kier alpha value is -3.41. The molecule has 0 saturated carbocycles. The Morgan fingerprint density at radius 2 is 2.00 bits per heavy atom. The van der Waals surface area contributed by atoms with E-state index < -0.39 is 12.1 Å². The molecule has 1 aliphatic rings. The molecule has 3 heterocycles. The molecule has 0 radical (unpaired) electrons. The van der Waals surface area contributed by atoms with Crippen LogP contribution in [-0.4, -0.2) is 68.8 Å².